The number of carbonyl (C=O) groups is 2. The second-order valence-electron chi connectivity index (χ2n) is 13.2. The molecule has 0 amide bonds. The van der Waals surface area contributed by atoms with Gasteiger partial charge < -0.3 is 14.6 Å². The van der Waals surface area contributed by atoms with Crippen LogP contribution in [-0.4, -0.2) is 51.5 Å². The van der Waals surface area contributed by atoms with Crippen molar-refractivity contribution in [1.82, 2.24) is 4.98 Å². The Labute approximate surface area is 246 Å². The van der Waals surface area contributed by atoms with E-state index in [2.05, 4.69) is 20.8 Å². The molecule has 2 aromatic rings. The molecule has 4 fully saturated rings. The van der Waals surface area contributed by atoms with E-state index in [9.17, 15) is 14.7 Å². The molecule has 5 unspecified atom stereocenters. The topological polar surface area (TPSA) is 85.7 Å². The van der Waals surface area contributed by atoms with Crippen molar-refractivity contribution in [2.24, 2.45) is 28.6 Å². The highest BCUT2D eigenvalue weighted by Crippen LogP contribution is 2.69. The predicted octanol–water partition coefficient (Wildman–Crippen LogP) is 6.07. The maximum Gasteiger partial charge on any atom is 0.178 e. The number of allylic oxidation sites excluding steroid dienone is 4. The van der Waals surface area contributed by atoms with Crippen LogP contribution in [0.2, 0.25) is 0 Å². The first-order chi connectivity index (χ1) is 19.7. The number of benzene rings is 1. The summed E-state index contributed by atoms with van der Waals surface area (Å²) in [6.07, 6.45) is 8.75. The SMILES string of the molecule is CCC[C@H]1O[C@@H]2CC3C4CCC5=CC(=O)C=CC5(C)C4[C@@H](O)CC3(C)[C@]2(C(=O)CSc2ccc3ccccc3n2)O1. The van der Waals surface area contributed by atoms with Gasteiger partial charge in [0.2, 0.25) is 0 Å². The van der Waals surface area contributed by atoms with Crippen molar-refractivity contribution in [2.75, 3.05) is 5.75 Å². The van der Waals surface area contributed by atoms with Gasteiger partial charge in [0.05, 0.1) is 28.5 Å². The van der Waals surface area contributed by atoms with E-state index in [-0.39, 0.29) is 46.6 Å². The molecule has 2 heterocycles. The fourth-order valence-corrected chi connectivity index (χ4v) is 10.2. The number of ether oxygens (including phenoxy) is 2. The number of para-hydroxylation sites is 1. The number of aliphatic hydroxyl groups is 1. The number of hydrogen-bond donors (Lipinski definition) is 1. The molecule has 4 aliphatic carbocycles. The molecule has 6 nitrogen and oxygen atoms in total. The van der Waals surface area contributed by atoms with Crippen molar-refractivity contribution in [1.29, 1.82) is 0 Å². The summed E-state index contributed by atoms with van der Waals surface area (Å²) in [4.78, 5) is 31.5. The highest BCUT2D eigenvalue weighted by atomic mass is 32.2. The van der Waals surface area contributed by atoms with Gasteiger partial charge >= 0.3 is 0 Å². The Balaban J connectivity index is 1.21. The van der Waals surface area contributed by atoms with Crippen LogP contribution in [0.15, 0.2) is 65.2 Å². The zero-order valence-corrected chi connectivity index (χ0v) is 24.9. The molecule has 5 aliphatic rings. The largest absolute Gasteiger partial charge is 0.393 e. The number of nitrogens with zero attached hydrogens (tertiary/aromatic N) is 1. The molecule has 7 heteroatoms. The van der Waals surface area contributed by atoms with Crippen molar-refractivity contribution in [3.63, 3.8) is 0 Å². The van der Waals surface area contributed by atoms with E-state index in [0.717, 1.165) is 53.6 Å². The summed E-state index contributed by atoms with van der Waals surface area (Å²) in [5.74, 6) is 0.715. The van der Waals surface area contributed by atoms with E-state index in [1.54, 1.807) is 12.2 Å². The summed E-state index contributed by atoms with van der Waals surface area (Å²) in [7, 11) is 0. The quantitative estimate of drug-likeness (QED) is 0.420. The number of pyridine rings is 1. The molecule has 9 atom stereocenters. The Hall–Kier alpha value is -2.32. The fraction of sp³-hybridized carbons (Fsp3) is 0.559. The Kier molecular flexibility index (Phi) is 6.62. The zero-order chi connectivity index (χ0) is 28.6. The first-order valence-electron chi connectivity index (χ1n) is 15.2. The number of aromatic nitrogens is 1. The van der Waals surface area contributed by atoms with Crippen LogP contribution in [0.1, 0.15) is 59.3 Å². The van der Waals surface area contributed by atoms with E-state index in [1.807, 2.05) is 42.5 Å². The number of carbonyl (C=O) groups excluding carboxylic acids is 2. The second-order valence-corrected chi connectivity index (χ2v) is 14.2. The van der Waals surface area contributed by atoms with Gasteiger partial charge in [0.15, 0.2) is 23.5 Å². The molecule has 0 radical (unpaired) electrons. The Morgan fingerprint density at radius 3 is 2.85 bits per heavy atom. The van der Waals surface area contributed by atoms with Gasteiger partial charge in [-0.3, -0.25) is 9.59 Å². The average molecular weight is 574 g/mol. The van der Waals surface area contributed by atoms with E-state index in [1.165, 1.54) is 11.8 Å². The Morgan fingerprint density at radius 2 is 2.02 bits per heavy atom. The smallest absolute Gasteiger partial charge is 0.178 e. The number of ketones is 2. The number of rotatable bonds is 6. The van der Waals surface area contributed by atoms with Gasteiger partial charge in [-0.05, 0) is 68.2 Å². The van der Waals surface area contributed by atoms with E-state index < -0.39 is 23.4 Å². The van der Waals surface area contributed by atoms with Gasteiger partial charge in [-0.1, -0.05) is 74.9 Å². The number of fused-ring (bicyclic) bond motifs is 8. The van der Waals surface area contributed by atoms with Crippen LogP contribution in [0.5, 0.6) is 0 Å². The van der Waals surface area contributed by atoms with Crippen LogP contribution in [0.3, 0.4) is 0 Å². The minimum atomic E-state index is -1.09. The molecule has 7 rings (SSSR count). The molecule has 3 saturated carbocycles. The van der Waals surface area contributed by atoms with Crippen LogP contribution in [-0.2, 0) is 19.1 Å². The lowest BCUT2D eigenvalue weighted by molar-refractivity contribution is -0.197. The van der Waals surface area contributed by atoms with Gasteiger partial charge in [-0.15, -0.1) is 0 Å². The molecule has 1 N–H and O–H groups in total. The average Bonchev–Trinajstić information content (AvgIpc) is 3.44. The summed E-state index contributed by atoms with van der Waals surface area (Å²) >= 11 is 1.46. The summed E-state index contributed by atoms with van der Waals surface area (Å²) in [6.45, 7) is 6.46. The summed E-state index contributed by atoms with van der Waals surface area (Å²) in [6, 6.07) is 12.0. The lowest BCUT2D eigenvalue weighted by Gasteiger charge is -2.59. The third kappa shape index (κ3) is 3.99. The molecule has 0 spiro atoms. The van der Waals surface area contributed by atoms with Crippen molar-refractivity contribution in [3.05, 3.63) is 60.2 Å². The standard InChI is InChI=1S/C34H39NO5S/c1-4-7-30-39-28-17-24-23-12-11-21-16-22(36)14-15-32(21,2)31(23)26(37)18-33(24,3)34(28,40-30)27(38)19-41-29-13-10-20-8-5-6-9-25(20)35-29/h5-6,8-10,13-16,23-24,26,28,30-31,37H,4,7,11-12,17-19H2,1-3H3/t23?,24?,26-,28+,30-,31?,32?,33?,34+/m0/s1. The van der Waals surface area contributed by atoms with Crippen LogP contribution < -0.4 is 0 Å². The zero-order valence-electron chi connectivity index (χ0n) is 24.0. The number of Topliss-reactive ketones (excluding diaryl/α,β-unsaturated/α-hetero) is 1. The minimum Gasteiger partial charge on any atom is -0.393 e. The van der Waals surface area contributed by atoms with Crippen LogP contribution in [0.4, 0.5) is 0 Å². The highest BCUT2D eigenvalue weighted by molar-refractivity contribution is 7.99. The normalized spacial score (nSPS) is 41.0. The predicted molar refractivity (Wildman–Crippen MR) is 158 cm³/mol. The maximum absolute atomic E-state index is 14.5. The molecule has 216 valence electrons. The fourth-order valence-electron chi connectivity index (χ4n) is 9.38. The van der Waals surface area contributed by atoms with Crippen LogP contribution >= 0.6 is 11.8 Å². The molecule has 1 aromatic heterocycles. The molecule has 0 bridgehead atoms. The van der Waals surface area contributed by atoms with Gasteiger partial charge in [-0.2, -0.15) is 0 Å². The van der Waals surface area contributed by atoms with Crippen LogP contribution in [0, 0.1) is 28.6 Å². The monoisotopic (exact) mass is 573 g/mol. The lowest BCUT2D eigenvalue weighted by Crippen LogP contribution is -2.63. The molecule has 1 aromatic carbocycles. The third-order valence-electron chi connectivity index (χ3n) is 11.2. The molecular formula is C34H39NO5S. The highest BCUT2D eigenvalue weighted by Gasteiger charge is 2.75. The number of thioether (sulfide) groups is 1. The molecular weight excluding hydrogens is 534 g/mol. The van der Waals surface area contributed by atoms with Crippen molar-refractivity contribution in [3.8, 4) is 0 Å². The van der Waals surface area contributed by atoms with Crippen molar-refractivity contribution < 1.29 is 24.2 Å². The Morgan fingerprint density at radius 1 is 1.20 bits per heavy atom. The lowest BCUT2D eigenvalue weighted by atomic mass is 9.46. The van der Waals surface area contributed by atoms with Gasteiger partial charge in [-0.25, -0.2) is 4.98 Å². The Bertz CT molecular complexity index is 1470. The van der Waals surface area contributed by atoms with Crippen molar-refractivity contribution in [2.45, 2.75) is 88.4 Å². The third-order valence-corrected chi connectivity index (χ3v) is 12.1. The van der Waals surface area contributed by atoms with E-state index >= 15 is 0 Å². The first-order valence-corrected chi connectivity index (χ1v) is 16.2. The van der Waals surface area contributed by atoms with Gasteiger partial charge in [0.1, 0.15) is 0 Å². The van der Waals surface area contributed by atoms with E-state index in [0.29, 0.717) is 6.42 Å². The van der Waals surface area contributed by atoms with Crippen molar-refractivity contribution >= 4 is 34.2 Å². The number of hydrogen-bond acceptors (Lipinski definition) is 7. The summed E-state index contributed by atoms with van der Waals surface area (Å²) < 4.78 is 13.4. The summed E-state index contributed by atoms with van der Waals surface area (Å²) in [5, 5.41) is 13.8. The molecule has 1 aliphatic heterocycles. The minimum absolute atomic E-state index is 0.00137. The summed E-state index contributed by atoms with van der Waals surface area (Å²) in [5.41, 5.74) is 0.0457. The molecule has 1 saturated heterocycles. The van der Waals surface area contributed by atoms with Crippen LogP contribution in [0.25, 0.3) is 10.9 Å². The van der Waals surface area contributed by atoms with E-state index in [4.69, 9.17) is 14.5 Å². The maximum atomic E-state index is 14.5. The van der Waals surface area contributed by atoms with Gasteiger partial charge in [0, 0.05) is 22.1 Å². The molecule has 41 heavy (non-hydrogen) atoms. The number of aliphatic hydroxyl groups excluding tert-OH is 1. The van der Waals surface area contributed by atoms with Gasteiger partial charge in [0.25, 0.3) is 0 Å². The first kappa shape index (κ1) is 27.5. The second kappa shape index (κ2) is 9.87.